The van der Waals surface area contributed by atoms with Crippen molar-refractivity contribution in [3.05, 3.63) is 49.1 Å². The quantitative estimate of drug-likeness (QED) is 0.465. The summed E-state index contributed by atoms with van der Waals surface area (Å²) in [7, 11) is 4.05. The second-order valence-corrected chi connectivity index (χ2v) is 8.35. The van der Waals surface area contributed by atoms with E-state index in [-0.39, 0.29) is 0 Å². The minimum absolute atomic E-state index is 0.309. The Bertz CT molecular complexity index is 838. The van der Waals surface area contributed by atoms with Crippen molar-refractivity contribution >= 4 is 23.7 Å². The number of aryl methyl sites for hydroxylation is 2. The number of rotatable bonds is 6. The molecule has 0 spiro atoms. The molecule has 0 saturated heterocycles. The lowest BCUT2D eigenvalue weighted by atomic mass is 10.1. The maximum absolute atomic E-state index is 4.30. The first-order valence-electron chi connectivity index (χ1n) is 10.0. The van der Waals surface area contributed by atoms with Crippen molar-refractivity contribution in [3.8, 4) is 11.1 Å². The molecule has 3 heterocycles. The second kappa shape index (κ2) is 11.4. The lowest BCUT2D eigenvalue weighted by molar-refractivity contribution is -0.671. The van der Waals surface area contributed by atoms with E-state index in [0.29, 0.717) is 24.0 Å². The standard InChI is InChI=1S/C12H14N2.C10H19N5S/c1-13-7-3-11(4-8-13)12-5-9-14(2)10-6-12;1-6(2)11-8-13-9(12-7(3)4)15-10(14-8)16-5/h3-10H,1-2H3;6-7H,1-5H3,(H2,11,12,13,14,15)/q+2;. The Kier molecular flexibility index (Phi) is 8.98. The first kappa shape index (κ1) is 23.5. The molecule has 0 aliphatic heterocycles. The van der Waals surface area contributed by atoms with Gasteiger partial charge in [0.05, 0.1) is 0 Å². The van der Waals surface area contributed by atoms with Gasteiger partial charge < -0.3 is 10.6 Å². The smallest absolute Gasteiger partial charge is 0.228 e. The summed E-state index contributed by atoms with van der Waals surface area (Å²) in [6, 6.07) is 9.10. The fourth-order valence-electron chi connectivity index (χ4n) is 2.48. The van der Waals surface area contributed by atoms with Gasteiger partial charge in [-0.15, -0.1) is 0 Å². The van der Waals surface area contributed by atoms with Crippen LogP contribution in [0.4, 0.5) is 11.9 Å². The molecule has 0 aliphatic rings. The predicted molar refractivity (Wildman–Crippen MR) is 123 cm³/mol. The van der Waals surface area contributed by atoms with E-state index in [1.54, 1.807) is 0 Å². The summed E-state index contributed by atoms with van der Waals surface area (Å²) in [4.78, 5) is 12.9. The normalized spacial score (nSPS) is 10.6. The maximum atomic E-state index is 4.30. The maximum Gasteiger partial charge on any atom is 0.228 e. The van der Waals surface area contributed by atoms with Crippen molar-refractivity contribution < 1.29 is 9.13 Å². The molecule has 0 saturated carbocycles. The van der Waals surface area contributed by atoms with E-state index in [4.69, 9.17) is 0 Å². The van der Waals surface area contributed by atoms with Crippen LogP contribution in [0.1, 0.15) is 27.7 Å². The summed E-state index contributed by atoms with van der Waals surface area (Å²) >= 11 is 1.51. The van der Waals surface area contributed by atoms with E-state index in [2.05, 4.69) is 102 Å². The second-order valence-electron chi connectivity index (χ2n) is 7.57. The van der Waals surface area contributed by atoms with Gasteiger partial charge >= 0.3 is 0 Å². The fraction of sp³-hybridized carbons (Fsp3) is 0.409. The molecule has 0 bridgehead atoms. The zero-order valence-corrected chi connectivity index (χ0v) is 19.7. The number of nitrogens with one attached hydrogen (secondary N) is 2. The van der Waals surface area contributed by atoms with Gasteiger partial charge in [-0.3, -0.25) is 0 Å². The Labute approximate surface area is 184 Å². The van der Waals surface area contributed by atoms with Crippen molar-refractivity contribution in [2.45, 2.75) is 44.9 Å². The molecular weight excluding hydrogens is 394 g/mol. The van der Waals surface area contributed by atoms with E-state index in [1.165, 1.54) is 22.9 Å². The van der Waals surface area contributed by atoms with Crippen molar-refractivity contribution in [2.24, 2.45) is 14.1 Å². The molecular formula is C22H33N7S+2. The molecule has 0 atom stereocenters. The van der Waals surface area contributed by atoms with Gasteiger partial charge in [0.1, 0.15) is 14.1 Å². The third-order valence-electron chi connectivity index (χ3n) is 3.92. The van der Waals surface area contributed by atoms with Crippen LogP contribution in [0.15, 0.2) is 54.2 Å². The number of hydrogen-bond acceptors (Lipinski definition) is 6. The Hall–Kier alpha value is -2.74. The van der Waals surface area contributed by atoms with Crippen LogP contribution >= 0.6 is 11.8 Å². The number of aromatic nitrogens is 5. The van der Waals surface area contributed by atoms with Crippen LogP contribution in [0, 0.1) is 0 Å². The topological polar surface area (TPSA) is 70.5 Å². The Balaban J connectivity index is 0.000000215. The van der Waals surface area contributed by atoms with E-state index < -0.39 is 0 Å². The molecule has 160 valence electrons. The molecule has 3 rings (SSSR count). The molecule has 30 heavy (non-hydrogen) atoms. The Morgan fingerprint density at radius 3 is 1.37 bits per heavy atom. The summed E-state index contributed by atoms with van der Waals surface area (Å²) < 4.78 is 4.07. The van der Waals surface area contributed by atoms with Crippen LogP contribution in [-0.2, 0) is 14.1 Å². The number of thioether (sulfide) groups is 1. The zero-order valence-electron chi connectivity index (χ0n) is 18.9. The highest BCUT2D eigenvalue weighted by molar-refractivity contribution is 7.98. The summed E-state index contributed by atoms with van der Waals surface area (Å²) in [6.07, 6.45) is 10.2. The first-order chi connectivity index (χ1) is 14.3. The fourth-order valence-corrected chi connectivity index (χ4v) is 2.84. The molecule has 0 unspecified atom stereocenters. The predicted octanol–water partition coefficient (Wildman–Crippen LogP) is 3.24. The number of anilines is 2. The SMILES string of the molecule is CSc1nc(NC(C)C)nc(NC(C)C)n1.C[n+]1ccc(-c2cc[n+](C)cc2)cc1. The monoisotopic (exact) mass is 427 g/mol. The molecule has 3 aromatic heterocycles. The van der Waals surface area contributed by atoms with E-state index in [9.17, 15) is 0 Å². The Morgan fingerprint density at radius 1 is 0.700 bits per heavy atom. The van der Waals surface area contributed by atoms with Crippen LogP contribution in [-0.4, -0.2) is 33.3 Å². The minimum atomic E-state index is 0.309. The first-order valence-corrected chi connectivity index (χ1v) is 11.2. The Morgan fingerprint density at radius 2 is 1.07 bits per heavy atom. The summed E-state index contributed by atoms with van der Waals surface area (Å²) in [5, 5.41) is 7.08. The van der Waals surface area contributed by atoms with E-state index in [0.717, 1.165) is 5.16 Å². The molecule has 0 radical (unpaired) electrons. The largest absolute Gasteiger partial charge is 0.352 e. The molecule has 0 amide bonds. The van der Waals surface area contributed by atoms with Gasteiger partial charge in [0, 0.05) is 36.3 Å². The molecule has 8 heteroatoms. The van der Waals surface area contributed by atoms with Crippen LogP contribution in [0.3, 0.4) is 0 Å². The van der Waals surface area contributed by atoms with Crippen molar-refractivity contribution in [1.82, 2.24) is 15.0 Å². The van der Waals surface area contributed by atoms with Gasteiger partial charge in [0.15, 0.2) is 29.9 Å². The number of pyridine rings is 2. The summed E-state index contributed by atoms with van der Waals surface area (Å²) in [5.41, 5.74) is 2.51. The van der Waals surface area contributed by atoms with Crippen molar-refractivity contribution in [1.29, 1.82) is 0 Å². The van der Waals surface area contributed by atoms with Gasteiger partial charge in [-0.2, -0.15) is 15.0 Å². The van der Waals surface area contributed by atoms with Crippen molar-refractivity contribution in [3.63, 3.8) is 0 Å². The van der Waals surface area contributed by atoms with Crippen molar-refractivity contribution in [2.75, 3.05) is 16.9 Å². The van der Waals surface area contributed by atoms with E-state index >= 15 is 0 Å². The summed E-state index contributed by atoms with van der Waals surface area (Å²) in [6.45, 7) is 8.21. The number of hydrogen-bond donors (Lipinski definition) is 2. The molecule has 7 nitrogen and oxygen atoms in total. The molecule has 0 fully saturated rings. The van der Waals surface area contributed by atoms with Crippen LogP contribution in [0.25, 0.3) is 11.1 Å². The molecule has 0 aliphatic carbocycles. The third-order valence-corrected chi connectivity index (χ3v) is 4.47. The summed E-state index contributed by atoms with van der Waals surface area (Å²) in [5.74, 6) is 1.25. The zero-order chi connectivity index (χ0) is 22.1. The lowest BCUT2D eigenvalue weighted by Crippen LogP contribution is -2.26. The molecule has 3 aromatic rings. The van der Waals surface area contributed by atoms with Crippen LogP contribution < -0.4 is 19.8 Å². The van der Waals surface area contributed by atoms with Crippen LogP contribution in [0.5, 0.6) is 0 Å². The average Bonchev–Trinajstić information content (AvgIpc) is 2.68. The van der Waals surface area contributed by atoms with Gasteiger partial charge in [0.2, 0.25) is 11.9 Å². The molecule has 0 aromatic carbocycles. The third kappa shape index (κ3) is 7.94. The lowest BCUT2D eigenvalue weighted by Gasteiger charge is -2.12. The van der Waals surface area contributed by atoms with Gasteiger partial charge in [0.25, 0.3) is 0 Å². The van der Waals surface area contributed by atoms with Gasteiger partial charge in [-0.05, 0) is 45.1 Å². The highest BCUT2D eigenvalue weighted by atomic mass is 32.2. The average molecular weight is 428 g/mol. The highest BCUT2D eigenvalue weighted by Crippen LogP contribution is 2.15. The highest BCUT2D eigenvalue weighted by Gasteiger charge is 2.07. The number of nitrogens with zero attached hydrogens (tertiary/aromatic N) is 5. The van der Waals surface area contributed by atoms with Gasteiger partial charge in [-0.1, -0.05) is 11.8 Å². The van der Waals surface area contributed by atoms with Crippen LogP contribution in [0.2, 0.25) is 0 Å². The van der Waals surface area contributed by atoms with Gasteiger partial charge in [-0.25, -0.2) is 9.13 Å². The minimum Gasteiger partial charge on any atom is -0.352 e. The molecule has 2 N–H and O–H groups in total. The van der Waals surface area contributed by atoms with E-state index in [1.807, 2.05) is 29.5 Å².